The highest BCUT2D eigenvalue weighted by Gasteiger charge is 2.00. The van der Waals surface area contributed by atoms with Crippen molar-refractivity contribution in [2.24, 2.45) is 10.2 Å². The highest BCUT2D eigenvalue weighted by molar-refractivity contribution is 5.43. The van der Waals surface area contributed by atoms with E-state index >= 15 is 0 Å². The van der Waals surface area contributed by atoms with Crippen molar-refractivity contribution in [3.8, 4) is 0 Å². The molecule has 0 aliphatic rings. The summed E-state index contributed by atoms with van der Waals surface area (Å²) in [6, 6.07) is 7.91. The third-order valence-corrected chi connectivity index (χ3v) is 2.57. The molecule has 0 saturated carbocycles. The molecule has 0 radical (unpaired) electrons. The van der Waals surface area contributed by atoms with Gasteiger partial charge in [-0.25, -0.2) is 4.98 Å². The molecule has 1 aromatic heterocycles. The zero-order valence-electron chi connectivity index (χ0n) is 13.5. The maximum atomic E-state index is 4.14. The number of anilines is 1. The molecule has 0 bridgehead atoms. The van der Waals surface area contributed by atoms with Gasteiger partial charge in [-0.05, 0) is 32.4 Å². The summed E-state index contributed by atoms with van der Waals surface area (Å²) in [6.45, 7) is 5.74. The third-order valence-electron chi connectivity index (χ3n) is 2.57. The highest BCUT2D eigenvalue weighted by atomic mass is 15.2. The summed E-state index contributed by atoms with van der Waals surface area (Å²) in [5.74, 6) is 2.25. The zero-order chi connectivity index (χ0) is 15.8. The minimum Gasteiger partial charge on any atom is -0.347 e. The Morgan fingerprint density at radius 1 is 0.905 bits per heavy atom. The molecule has 6 heteroatoms. The summed E-state index contributed by atoms with van der Waals surface area (Å²) >= 11 is 0. The van der Waals surface area contributed by atoms with Gasteiger partial charge in [0, 0.05) is 21.1 Å². The molecule has 112 valence electrons. The van der Waals surface area contributed by atoms with Crippen molar-refractivity contribution in [2.75, 3.05) is 26.0 Å². The molecule has 0 atom stereocenters. The zero-order valence-corrected chi connectivity index (χ0v) is 13.5. The van der Waals surface area contributed by atoms with Gasteiger partial charge in [-0.2, -0.15) is 20.2 Å². The first-order valence-electron chi connectivity index (χ1n) is 6.66. The average molecular weight is 286 g/mol. The summed E-state index contributed by atoms with van der Waals surface area (Å²) in [4.78, 5) is 14.2. The quantitative estimate of drug-likeness (QED) is 0.795. The van der Waals surface area contributed by atoms with E-state index in [4.69, 9.17) is 0 Å². The van der Waals surface area contributed by atoms with Gasteiger partial charge in [-0.3, -0.25) is 0 Å². The average Bonchev–Trinajstić information content (AvgIpc) is 2.41. The van der Waals surface area contributed by atoms with Gasteiger partial charge in [-0.15, -0.1) is 0 Å². The van der Waals surface area contributed by atoms with Crippen LogP contribution in [0.25, 0.3) is 0 Å². The molecule has 6 nitrogen and oxygen atoms in total. The lowest BCUT2D eigenvalue weighted by atomic mass is 10.2. The molecule has 0 spiro atoms. The van der Waals surface area contributed by atoms with Crippen LogP contribution in [0, 0.1) is 20.8 Å². The summed E-state index contributed by atoms with van der Waals surface area (Å²) in [5.41, 5.74) is 2.11. The maximum absolute atomic E-state index is 4.14. The van der Waals surface area contributed by atoms with E-state index in [0.29, 0.717) is 0 Å². The molecule has 2 aromatic rings. The fraction of sp³-hybridized carbons (Fsp3) is 0.400. The Morgan fingerprint density at radius 2 is 1.48 bits per heavy atom. The van der Waals surface area contributed by atoms with Crippen LogP contribution in [0.1, 0.15) is 17.2 Å². The molecule has 2 rings (SSSR count). The Kier molecular flexibility index (Phi) is 6.39. The fourth-order valence-corrected chi connectivity index (χ4v) is 1.58. The van der Waals surface area contributed by atoms with Gasteiger partial charge in [0.15, 0.2) is 0 Å². The van der Waals surface area contributed by atoms with Crippen LogP contribution in [-0.4, -0.2) is 36.1 Å². The summed E-state index contributed by atoms with van der Waals surface area (Å²) < 4.78 is 0. The van der Waals surface area contributed by atoms with E-state index in [1.54, 1.807) is 7.05 Å². The standard InChI is InChI=1S/C8H10N2.C7H12N4/c1-7-5-3-4-6-8(7)10-9-2;1-5-8-6(2)10-7(9-5)11(3)4/h3-6H,1-2H3;1-4H3. The molecule has 0 aliphatic carbocycles. The molecular formula is C15H22N6. The topological polar surface area (TPSA) is 66.6 Å². The van der Waals surface area contributed by atoms with Crippen LogP contribution < -0.4 is 4.90 Å². The predicted octanol–water partition coefficient (Wildman–Crippen LogP) is 3.26. The normalized spacial score (nSPS) is 10.2. The molecule has 1 heterocycles. The van der Waals surface area contributed by atoms with Crippen molar-refractivity contribution >= 4 is 11.6 Å². The molecule has 0 fully saturated rings. The van der Waals surface area contributed by atoms with Crippen LogP contribution in [0.4, 0.5) is 11.6 Å². The molecule has 0 aliphatic heterocycles. The second-order valence-corrected chi connectivity index (χ2v) is 4.71. The first-order chi connectivity index (χ1) is 9.93. The Balaban J connectivity index is 0.000000211. The van der Waals surface area contributed by atoms with Crippen LogP contribution in [0.15, 0.2) is 34.5 Å². The van der Waals surface area contributed by atoms with Gasteiger partial charge in [0.1, 0.15) is 11.6 Å². The van der Waals surface area contributed by atoms with Crippen LogP contribution in [0.2, 0.25) is 0 Å². The number of azo groups is 1. The predicted molar refractivity (Wildman–Crippen MR) is 85.2 cm³/mol. The Hall–Kier alpha value is -2.37. The van der Waals surface area contributed by atoms with E-state index in [-0.39, 0.29) is 0 Å². The van der Waals surface area contributed by atoms with E-state index in [1.807, 2.05) is 64.0 Å². The molecule has 0 unspecified atom stereocenters. The molecule has 0 amide bonds. The first-order valence-corrected chi connectivity index (χ1v) is 6.66. The lowest BCUT2D eigenvalue weighted by Gasteiger charge is -2.09. The van der Waals surface area contributed by atoms with Gasteiger partial charge in [0.05, 0.1) is 5.69 Å². The monoisotopic (exact) mass is 286 g/mol. The van der Waals surface area contributed by atoms with Crippen LogP contribution >= 0.6 is 0 Å². The number of hydrogen-bond donors (Lipinski definition) is 0. The smallest absolute Gasteiger partial charge is 0.228 e. The second kappa shape index (κ2) is 8.04. The van der Waals surface area contributed by atoms with Crippen molar-refractivity contribution in [3.63, 3.8) is 0 Å². The number of aryl methyl sites for hydroxylation is 3. The SMILES string of the molecule is CN=Nc1ccccc1C.Cc1nc(C)nc(N(C)C)n1. The van der Waals surface area contributed by atoms with Crippen molar-refractivity contribution < 1.29 is 0 Å². The highest BCUT2D eigenvalue weighted by Crippen LogP contribution is 2.16. The van der Waals surface area contributed by atoms with Crippen molar-refractivity contribution in [2.45, 2.75) is 20.8 Å². The largest absolute Gasteiger partial charge is 0.347 e. The number of nitrogens with zero attached hydrogens (tertiary/aromatic N) is 6. The number of rotatable bonds is 2. The van der Waals surface area contributed by atoms with Crippen LogP contribution in [-0.2, 0) is 0 Å². The van der Waals surface area contributed by atoms with E-state index < -0.39 is 0 Å². The molecule has 1 aromatic carbocycles. The van der Waals surface area contributed by atoms with Gasteiger partial charge in [0.25, 0.3) is 0 Å². The van der Waals surface area contributed by atoms with Gasteiger partial charge < -0.3 is 4.90 Å². The third kappa shape index (κ3) is 5.64. The van der Waals surface area contributed by atoms with Crippen molar-refractivity contribution in [1.29, 1.82) is 0 Å². The molecule has 0 N–H and O–H groups in total. The Labute approximate surface area is 126 Å². The summed E-state index contributed by atoms with van der Waals surface area (Å²) in [7, 11) is 5.49. The lowest BCUT2D eigenvalue weighted by molar-refractivity contribution is 0.880. The van der Waals surface area contributed by atoms with Crippen LogP contribution in [0.5, 0.6) is 0 Å². The number of benzene rings is 1. The Morgan fingerprint density at radius 3 is 1.95 bits per heavy atom. The molecular weight excluding hydrogens is 264 g/mol. The second-order valence-electron chi connectivity index (χ2n) is 4.71. The summed E-state index contributed by atoms with van der Waals surface area (Å²) in [5, 5.41) is 7.62. The van der Waals surface area contributed by atoms with Gasteiger partial charge in [0.2, 0.25) is 5.95 Å². The van der Waals surface area contributed by atoms with Gasteiger partial charge >= 0.3 is 0 Å². The van der Waals surface area contributed by atoms with E-state index in [9.17, 15) is 0 Å². The minimum atomic E-state index is 0.718. The van der Waals surface area contributed by atoms with Crippen LogP contribution in [0.3, 0.4) is 0 Å². The first kappa shape index (κ1) is 16.7. The van der Waals surface area contributed by atoms with Crippen molar-refractivity contribution in [1.82, 2.24) is 15.0 Å². The lowest BCUT2D eigenvalue weighted by Crippen LogP contribution is -2.14. The number of hydrogen-bond acceptors (Lipinski definition) is 6. The molecule has 0 saturated heterocycles. The van der Waals surface area contributed by atoms with E-state index in [2.05, 4.69) is 25.2 Å². The van der Waals surface area contributed by atoms with E-state index in [1.165, 1.54) is 0 Å². The summed E-state index contributed by atoms with van der Waals surface area (Å²) in [6.07, 6.45) is 0. The fourth-order valence-electron chi connectivity index (χ4n) is 1.58. The van der Waals surface area contributed by atoms with Crippen molar-refractivity contribution in [3.05, 3.63) is 41.5 Å². The van der Waals surface area contributed by atoms with E-state index in [0.717, 1.165) is 28.8 Å². The maximum Gasteiger partial charge on any atom is 0.228 e. The van der Waals surface area contributed by atoms with Gasteiger partial charge in [-0.1, -0.05) is 18.2 Å². The molecule has 21 heavy (non-hydrogen) atoms. The number of aromatic nitrogens is 3. The Bertz CT molecular complexity index is 587. The minimum absolute atomic E-state index is 0.718.